The van der Waals surface area contributed by atoms with Gasteiger partial charge in [-0.15, -0.1) is 13.2 Å². The Morgan fingerprint density at radius 1 is 1.04 bits per heavy atom. The van der Waals surface area contributed by atoms with E-state index in [1.165, 1.54) is 36.5 Å². The molecule has 0 saturated heterocycles. The SMILES string of the molecule is CCOc1ccc(C(=O)/C=C/Nc2ccc(OC(F)(F)F)cc2)cc1. The van der Waals surface area contributed by atoms with Gasteiger partial charge in [0.2, 0.25) is 0 Å². The molecule has 0 saturated carbocycles. The number of ketones is 1. The molecule has 2 aromatic rings. The molecule has 0 aliphatic rings. The Morgan fingerprint density at radius 3 is 2.20 bits per heavy atom. The summed E-state index contributed by atoms with van der Waals surface area (Å²) in [4.78, 5) is 12.0. The molecule has 0 spiro atoms. The van der Waals surface area contributed by atoms with Gasteiger partial charge in [0.15, 0.2) is 5.78 Å². The zero-order valence-electron chi connectivity index (χ0n) is 13.3. The lowest BCUT2D eigenvalue weighted by atomic mass is 10.1. The van der Waals surface area contributed by atoms with Crippen molar-refractivity contribution in [3.8, 4) is 11.5 Å². The molecular weight excluding hydrogens is 335 g/mol. The number of benzene rings is 2. The van der Waals surface area contributed by atoms with Gasteiger partial charge in [0.25, 0.3) is 0 Å². The first-order valence-electron chi connectivity index (χ1n) is 7.43. The molecule has 4 nitrogen and oxygen atoms in total. The zero-order chi connectivity index (χ0) is 18.3. The van der Waals surface area contributed by atoms with Crippen molar-refractivity contribution in [3.05, 3.63) is 66.4 Å². The number of anilines is 1. The Balaban J connectivity index is 1.90. The lowest BCUT2D eigenvalue weighted by molar-refractivity contribution is -0.274. The van der Waals surface area contributed by atoms with E-state index in [9.17, 15) is 18.0 Å². The summed E-state index contributed by atoms with van der Waals surface area (Å²) >= 11 is 0. The van der Waals surface area contributed by atoms with E-state index in [1.807, 2.05) is 6.92 Å². The van der Waals surface area contributed by atoms with Gasteiger partial charge in [-0.2, -0.15) is 0 Å². The molecule has 0 fully saturated rings. The maximum Gasteiger partial charge on any atom is 0.573 e. The van der Waals surface area contributed by atoms with E-state index in [-0.39, 0.29) is 11.5 Å². The van der Waals surface area contributed by atoms with Crippen LogP contribution in [0.1, 0.15) is 17.3 Å². The number of hydrogen-bond donors (Lipinski definition) is 1. The van der Waals surface area contributed by atoms with Crippen LogP contribution in [0.5, 0.6) is 11.5 Å². The number of halogens is 3. The van der Waals surface area contributed by atoms with Crippen molar-refractivity contribution >= 4 is 11.5 Å². The number of carbonyl (C=O) groups is 1. The average Bonchev–Trinajstić information content (AvgIpc) is 2.56. The zero-order valence-corrected chi connectivity index (χ0v) is 13.3. The van der Waals surface area contributed by atoms with Crippen LogP contribution in [0.2, 0.25) is 0 Å². The van der Waals surface area contributed by atoms with Gasteiger partial charge in [0.05, 0.1) is 6.61 Å². The first kappa shape index (κ1) is 18.4. The van der Waals surface area contributed by atoms with E-state index in [2.05, 4.69) is 10.1 Å². The molecule has 25 heavy (non-hydrogen) atoms. The molecule has 7 heteroatoms. The fraction of sp³-hybridized carbons (Fsp3) is 0.167. The van der Waals surface area contributed by atoms with E-state index in [4.69, 9.17) is 4.74 Å². The smallest absolute Gasteiger partial charge is 0.494 e. The van der Waals surface area contributed by atoms with E-state index < -0.39 is 6.36 Å². The second-order valence-electron chi connectivity index (χ2n) is 4.87. The summed E-state index contributed by atoms with van der Waals surface area (Å²) in [5, 5.41) is 2.80. The Morgan fingerprint density at radius 2 is 1.64 bits per heavy atom. The number of nitrogens with one attached hydrogen (secondary N) is 1. The summed E-state index contributed by atoms with van der Waals surface area (Å²) in [6.07, 6.45) is -1.98. The molecular formula is C18H16F3NO3. The first-order valence-corrected chi connectivity index (χ1v) is 7.43. The summed E-state index contributed by atoms with van der Waals surface area (Å²) in [6, 6.07) is 11.9. The van der Waals surface area contributed by atoms with Crippen molar-refractivity contribution in [3.63, 3.8) is 0 Å². The van der Waals surface area contributed by atoms with Gasteiger partial charge in [-0.25, -0.2) is 0 Å². The van der Waals surface area contributed by atoms with Gasteiger partial charge in [0.1, 0.15) is 11.5 Å². The summed E-state index contributed by atoms with van der Waals surface area (Å²) < 4.78 is 45.3. The lowest BCUT2D eigenvalue weighted by Crippen LogP contribution is -2.16. The quantitative estimate of drug-likeness (QED) is 0.575. The molecule has 2 aromatic carbocycles. The van der Waals surface area contributed by atoms with Gasteiger partial charge in [-0.3, -0.25) is 4.79 Å². The van der Waals surface area contributed by atoms with E-state index in [0.29, 0.717) is 23.6 Å². The summed E-state index contributed by atoms with van der Waals surface area (Å²) in [7, 11) is 0. The summed E-state index contributed by atoms with van der Waals surface area (Å²) in [6.45, 7) is 2.42. The van der Waals surface area contributed by atoms with Crippen LogP contribution < -0.4 is 14.8 Å². The van der Waals surface area contributed by atoms with Gasteiger partial charge in [-0.05, 0) is 55.5 Å². The van der Waals surface area contributed by atoms with Gasteiger partial charge in [0, 0.05) is 23.5 Å². The van der Waals surface area contributed by atoms with Crippen LogP contribution in [0.3, 0.4) is 0 Å². The standard InChI is InChI=1S/C18H16F3NO3/c1-2-24-15-7-3-13(4-8-15)17(23)11-12-22-14-5-9-16(10-6-14)25-18(19,20)21/h3-12,22H,2H2,1H3/b12-11+. The van der Waals surface area contributed by atoms with Gasteiger partial charge < -0.3 is 14.8 Å². The minimum absolute atomic E-state index is 0.215. The predicted octanol–water partition coefficient (Wildman–Crippen LogP) is 4.79. The topological polar surface area (TPSA) is 47.6 Å². The highest BCUT2D eigenvalue weighted by Gasteiger charge is 2.30. The maximum absolute atomic E-state index is 12.1. The van der Waals surface area contributed by atoms with Crippen LogP contribution >= 0.6 is 0 Å². The monoisotopic (exact) mass is 351 g/mol. The molecule has 0 aliphatic carbocycles. The summed E-state index contributed by atoms with van der Waals surface area (Å²) in [5.41, 5.74) is 1.01. The molecule has 0 bridgehead atoms. The molecule has 0 atom stereocenters. The Bertz CT molecular complexity index is 723. The molecule has 2 rings (SSSR count). The lowest BCUT2D eigenvalue weighted by Gasteiger charge is -2.09. The highest BCUT2D eigenvalue weighted by atomic mass is 19.4. The van der Waals surface area contributed by atoms with E-state index in [0.717, 1.165) is 0 Å². The van der Waals surface area contributed by atoms with Crippen molar-refractivity contribution in [1.29, 1.82) is 0 Å². The number of alkyl halides is 3. The molecule has 1 N–H and O–H groups in total. The van der Waals surface area contributed by atoms with Crippen molar-refractivity contribution < 1.29 is 27.4 Å². The summed E-state index contributed by atoms with van der Waals surface area (Å²) in [5.74, 6) is 0.155. The van der Waals surface area contributed by atoms with Crippen molar-refractivity contribution in [2.75, 3.05) is 11.9 Å². The molecule has 0 radical (unpaired) electrons. The van der Waals surface area contributed by atoms with E-state index >= 15 is 0 Å². The second kappa shape index (κ2) is 8.23. The number of rotatable bonds is 7. The molecule has 0 amide bonds. The first-order chi connectivity index (χ1) is 11.9. The Labute approximate surface area is 142 Å². The van der Waals surface area contributed by atoms with Crippen LogP contribution in [0.25, 0.3) is 0 Å². The van der Waals surface area contributed by atoms with Crippen molar-refractivity contribution in [2.24, 2.45) is 0 Å². The average molecular weight is 351 g/mol. The molecule has 0 unspecified atom stereocenters. The highest BCUT2D eigenvalue weighted by Crippen LogP contribution is 2.23. The highest BCUT2D eigenvalue weighted by molar-refractivity contribution is 6.04. The van der Waals surface area contributed by atoms with Crippen LogP contribution in [0.4, 0.5) is 18.9 Å². The van der Waals surface area contributed by atoms with Crippen molar-refractivity contribution in [2.45, 2.75) is 13.3 Å². The van der Waals surface area contributed by atoms with Gasteiger partial charge >= 0.3 is 6.36 Å². The number of carbonyl (C=O) groups excluding carboxylic acids is 1. The third kappa shape index (κ3) is 6.21. The third-order valence-electron chi connectivity index (χ3n) is 3.02. The minimum atomic E-state index is -4.72. The van der Waals surface area contributed by atoms with E-state index in [1.54, 1.807) is 24.3 Å². The van der Waals surface area contributed by atoms with Crippen LogP contribution in [0.15, 0.2) is 60.8 Å². The number of hydrogen-bond acceptors (Lipinski definition) is 4. The number of ether oxygens (including phenoxy) is 2. The molecule has 0 heterocycles. The molecule has 132 valence electrons. The predicted molar refractivity (Wildman–Crippen MR) is 87.8 cm³/mol. The second-order valence-corrected chi connectivity index (χ2v) is 4.87. The minimum Gasteiger partial charge on any atom is -0.494 e. The fourth-order valence-electron chi connectivity index (χ4n) is 1.94. The van der Waals surface area contributed by atoms with Crippen molar-refractivity contribution in [1.82, 2.24) is 0 Å². The Kier molecular flexibility index (Phi) is 6.05. The van der Waals surface area contributed by atoms with Crippen LogP contribution in [-0.4, -0.2) is 18.8 Å². The van der Waals surface area contributed by atoms with Gasteiger partial charge in [-0.1, -0.05) is 0 Å². The largest absolute Gasteiger partial charge is 0.573 e. The third-order valence-corrected chi connectivity index (χ3v) is 3.02. The number of allylic oxidation sites excluding steroid dienone is 1. The fourth-order valence-corrected chi connectivity index (χ4v) is 1.94. The maximum atomic E-state index is 12.1. The molecule has 0 aliphatic heterocycles. The van der Waals surface area contributed by atoms with Crippen LogP contribution in [-0.2, 0) is 0 Å². The van der Waals surface area contributed by atoms with Crippen LogP contribution in [0, 0.1) is 0 Å². The Hall–Kier alpha value is -2.96. The molecule has 0 aromatic heterocycles. The normalized spacial score (nSPS) is 11.4.